The van der Waals surface area contributed by atoms with E-state index in [0.29, 0.717) is 22.7 Å². The lowest BCUT2D eigenvalue weighted by atomic mass is 10.2. The second kappa shape index (κ2) is 8.05. The molecule has 0 atom stereocenters. The quantitative estimate of drug-likeness (QED) is 0.732. The Morgan fingerprint density at radius 3 is 2.30 bits per heavy atom. The summed E-state index contributed by atoms with van der Waals surface area (Å²) in [5, 5.41) is 4.74. The minimum Gasteiger partial charge on any atom is -0.489 e. The summed E-state index contributed by atoms with van der Waals surface area (Å²) in [7, 11) is 0. The Kier molecular flexibility index (Phi) is 5.82. The van der Waals surface area contributed by atoms with Gasteiger partial charge in [-0.1, -0.05) is 54.2 Å². The fraction of sp³-hybridized carbons (Fsp3) is 0.368. The van der Waals surface area contributed by atoms with E-state index in [0.717, 1.165) is 17.9 Å². The lowest BCUT2D eigenvalue weighted by molar-refractivity contribution is 0.306. The van der Waals surface area contributed by atoms with Crippen LogP contribution in [0.15, 0.2) is 42.5 Å². The standard InChI is InChI=1S/C19H21Cl2NO/c20-18-10-7-15(11-19(18)21)13-23-17-8-5-14(6-9-17)12-22-16-3-1-2-4-16/h5-11,16,22H,1-4,12-13H2. The van der Waals surface area contributed by atoms with Crippen LogP contribution in [0.3, 0.4) is 0 Å². The number of ether oxygens (including phenoxy) is 1. The fourth-order valence-electron chi connectivity index (χ4n) is 2.89. The number of hydrogen-bond donors (Lipinski definition) is 1. The van der Waals surface area contributed by atoms with Crippen LogP contribution in [0.1, 0.15) is 36.8 Å². The Morgan fingerprint density at radius 1 is 0.913 bits per heavy atom. The summed E-state index contributed by atoms with van der Waals surface area (Å²) in [6.45, 7) is 1.41. The molecule has 4 heteroatoms. The lowest BCUT2D eigenvalue weighted by Crippen LogP contribution is -2.25. The van der Waals surface area contributed by atoms with E-state index >= 15 is 0 Å². The normalized spacial score (nSPS) is 15.0. The van der Waals surface area contributed by atoms with Crippen LogP contribution in [-0.4, -0.2) is 6.04 Å². The Hall–Kier alpha value is -1.22. The Morgan fingerprint density at radius 2 is 1.61 bits per heavy atom. The van der Waals surface area contributed by atoms with Gasteiger partial charge in [-0.3, -0.25) is 0 Å². The molecule has 0 bridgehead atoms. The smallest absolute Gasteiger partial charge is 0.119 e. The molecular weight excluding hydrogens is 329 g/mol. The highest BCUT2D eigenvalue weighted by Gasteiger charge is 2.13. The van der Waals surface area contributed by atoms with Crippen LogP contribution in [0, 0.1) is 0 Å². The van der Waals surface area contributed by atoms with E-state index in [1.807, 2.05) is 24.3 Å². The Labute approximate surface area is 147 Å². The second-order valence-corrected chi connectivity index (χ2v) is 6.86. The van der Waals surface area contributed by atoms with Gasteiger partial charge in [0.2, 0.25) is 0 Å². The first kappa shape index (κ1) is 16.6. The van der Waals surface area contributed by atoms with Crippen molar-refractivity contribution in [3.8, 4) is 5.75 Å². The number of hydrogen-bond acceptors (Lipinski definition) is 2. The summed E-state index contributed by atoms with van der Waals surface area (Å²) >= 11 is 11.9. The molecule has 0 unspecified atom stereocenters. The average molecular weight is 350 g/mol. The van der Waals surface area contributed by atoms with Gasteiger partial charge < -0.3 is 10.1 Å². The molecular formula is C19H21Cl2NO. The van der Waals surface area contributed by atoms with Gasteiger partial charge in [-0.25, -0.2) is 0 Å². The van der Waals surface area contributed by atoms with Crippen LogP contribution in [-0.2, 0) is 13.2 Å². The molecule has 0 aromatic heterocycles. The van der Waals surface area contributed by atoms with E-state index in [1.54, 1.807) is 6.07 Å². The minimum atomic E-state index is 0.483. The van der Waals surface area contributed by atoms with E-state index in [-0.39, 0.29) is 0 Å². The van der Waals surface area contributed by atoms with Crippen molar-refractivity contribution in [3.05, 3.63) is 63.6 Å². The predicted octanol–water partition coefficient (Wildman–Crippen LogP) is 5.60. The van der Waals surface area contributed by atoms with Gasteiger partial charge in [0.15, 0.2) is 0 Å². The van der Waals surface area contributed by atoms with Crippen molar-refractivity contribution in [2.75, 3.05) is 0 Å². The van der Waals surface area contributed by atoms with Gasteiger partial charge in [0.05, 0.1) is 10.0 Å². The monoisotopic (exact) mass is 349 g/mol. The van der Waals surface area contributed by atoms with Gasteiger partial charge in [-0.15, -0.1) is 0 Å². The third-order valence-electron chi connectivity index (χ3n) is 4.26. The largest absolute Gasteiger partial charge is 0.489 e. The molecule has 122 valence electrons. The van der Waals surface area contributed by atoms with E-state index in [1.165, 1.54) is 31.2 Å². The molecule has 0 saturated heterocycles. The van der Waals surface area contributed by atoms with E-state index in [9.17, 15) is 0 Å². The molecule has 1 saturated carbocycles. The van der Waals surface area contributed by atoms with Crippen LogP contribution in [0.25, 0.3) is 0 Å². The molecule has 1 aliphatic rings. The molecule has 2 aromatic rings. The van der Waals surface area contributed by atoms with Crippen molar-refractivity contribution in [2.45, 2.75) is 44.9 Å². The van der Waals surface area contributed by atoms with E-state index < -0.39 is 0 Å². The molecule has 1 aliphatic carbocycles. The average Bonchev–Trinajstić information content (AvgIpc) is 3.08. The molecule has 23 heavy (non-hydrogen) atoms. The molecule has 0 aliphatic heterocycles. The lowest BCUT2D eigenvalue weighted by Gasteiger charge is -2.12. The zero-order valence-corrected chi connectivity index (χ0v) is 14.5. The highest BCUT2D eigenvalue weighted by molar-refractivity contribution is 6.42. The number of rotatable bonds is 6. The minimum absolute atomic E-state index is 0.483. The highest BCUT2D eigenvalue weighted by atomic mass is 35.5. The zero-order valence-electron chi connectivity index (χ0n) is 13.0. The molecule has 0 radical (unpaired) electrons. The maximum atomic E-state index is 6.01. The van der Waals surface area contributed by atoms with Gasteiger partial charge in [0.25, 0.3) is 0 Å². The third-order valence-corrected chi connectivity index (χ3v) is 5.00. The summed E-state index contributed by atoms with van der Waals surface area (Å²) in [5.74, 6) is 0.862. The van der Waals surface area contributed by atoms with Crippen LogP contribution in [0.2, 0.25) is 10.0 Å². The molecule has 0 spiro atoms. The Balaban J connectivity index is 1.49. The SMILES string of the molecule is Clc1ccc(COc2ccc(CNC3CCCC3)cc2)cc1Cl. The van der Waals surface area contributed by atoms with Crippen LogP contribution in [0.5, 0.6) is 5.75 Å². The highest BCUT2D eigenvalue weighted by Crippen LogP contribution is 2.23. The maximum Gasteiger partial charge on any atom is 0.119 e. The van der Waals surface area contributed by atoms with Gasteiger partial charge in [-0.05, 0) is 48.2 Å². The van der Waals surface area contributed by atoms with E-state index in [2.05, 4.69) is 17.4 Å². The van der Waals surface area contributed by atoms with Gasteiger partial charge in [0, 0.05) is 12.6 Å². The molecule has 3 rings (SSSR count). The first-order chi connectivity index (χ1) is 11.2. The second-order valence-electron chi connectivity index (χ2n) is 6.04. The zero-order chi connectivity index (χ0) is 16.1. The summed E-state index contributed by atoms with van der Waals surface area (Å²) in [5.41, 5.74) is 2.30. The molecule has 0 heterocycles. The summed E-state index contributed by atoms with van der Waals surface area (Å²) in [4.78, 5) is 0. The van der Waals surface area contributed by atoms with Gasteiger partial charge in [0.1, 0.15) is 12.4 Å². The topological polar surface area (TPSA) is 21.3 Å². The van der Waals surface area contributed by atoms with E-state index in [4.69, 9.17) is 27.9 Å². The Bertz CT molecular complexity index is 636. The van der Waals surface area contributed by atoms with Crippen molar-refractivity contribution < 1.29 is 4.74 Å². The summed E-state index contributed by atoms with van der Waals surface area (Å²) in [6, 6.07) is 14.5. The number of nitrogens with one attached hydrogen (secondary N) is 1. The van der Waals surface area contributed by atoms with Gasteiger partial charge in [-0.2, -0.15) is 0 Å². The molecule has 0 amide bonds. The van der Waals surface area contributed by atoms with Crippen LogP contribution >= 0.6 is 23.2 Å². The molecule has 2 aromatic carbocycles. The molecule has 1 fully saturated rings. The van der Waals surface area contributed by atoms with Crippen molar-refractivity contribution >= 4 is 23.2 Å². The first-order valence-corrected chi connectivity index (χ1v) is 8.85. The van der Waals surface area contributed by atoms with Crippen molar-refractivity contribution in [3.63, 3.8) is 0 Å². The van der Waals surface area contributed by atoms with Crippen molar-refractivity contribution in [1.29, 1.82) is 0 Å². The fourth-order valence-corrected chi connectivity index (χ4v) is 3.21. The molecule has 2 nitrogen and oxygen atoms in total. The number of benzene rings is 2. The van der Waals surface area contributed by atoms with Crippen LogP contribution < -0.4 is 10.1 Å². The van der Waals surface area contributed by atoms with Crippen LogP contribution in [0.4, 0.5) is 0 Å². The van der Waals surface area contributed by atoms with Crippen molar-refractivity contribution in [2.24, 2.45) is 0 Å². The van der Waals surface area contributed by atoms with Crippen molar-refractivity contribution in [1.82, 2.24) is 5.32 Å². The first-order valence-electron chi connectivity index (χ1n) is 8.10. The maximum absolute atomic E-state index is 6.01. The summed E-state index contributed by atoms with van der Waals surface area (Å²) in [6.07, 6.45) is 5.34. The predicted molar refractivity (Wildman–Crippen MR) is 96.3 cm³/mol. The van der Waals surface area contributed by atoms with Gasteiger partial charge >= 0.3 is 0 Å². The third kappa shape index (κ3) is 4.87. The molecule has 1 N–H and O–H groups in total. The summed E-state index contributed by atoms with van der Waals surface area (Å²) < 4.78 is 5.80. The number of halogens is 2.